The summed E-state index contributed by atoms with van der Waals surface area (Å²) in [5.74, 6) is -1.21. The van der Waals surface area contributed by atoms with Gasteiger partial charge in [-0.15, -0.1) is 0 Å². The maximum Gasteiger partial charge on any atom is 0.328 e. The Kier molecular flexibility index (Phi) is 4.04. The summed E-state index contributed by atoms with van der Waals surface area (Å²) < 4.78 is 0. The maximum absolute atomic E-state index is 12.0. The van der Waals surface area contributed by atoms with Gasteiger partial charge in [-0.3, -0.25) is 20.2 Å². The van der Waals surface area contributed by atoms with Gasteiger partial charge in [-0.2, -0.15) is 0 Å². The Morgan fingerprint density at radius 2 is 1.71 bits per heavy atom. The van der Waals surface area contributed by atoms with E-state index in [1.807, 2.05) is 26.0 Å². The van der Waals surface area contributed by atoms with E-state index < -0.39 is 23.3 Å². The van der Waals surface area contributed by atoms with E-state index >= 15 is 0 Å². The van der Waals surface area contributed by atoms with E-state index in [2.05, 4.69) is 10.6 Å². The lowest BCUT2D eigenvalue weighted by atomic mass is 9.69. The zero-order chi connectivity index (χ0) is 13.1. The minimum atomic E-state index is -1.17. The van der Waals surface area contributed by atoms with E-state index in [1.54, 1.807) is 6.92 Å². The molecule has 0 aromatic heterocycles. The van der Waals surface area contributed by atoms with Crippen LogP contribution in [0.3, 0.4) is 0 Å². The smallest absolute Gasteiger partial charge is 0.277 e. The summed E-state index contributed by atoms with van der Waals surface area (Å²) in [6.45, 7) is 5.54. The first-order chi connectivity index (χ1) is 8.02. The second kappa shape index (κ2) is 5.12. The number of barbiturate groups is 1. The van der Waals surface area contributed by atoms with Gasteiger partial charge in [0.25, 0.3) is 0 Å². The average molecular weight is 238 g/mol. The molecule has 94 valence electrons. The molecular weight excluding hydrogens is 220 g/mol. The maximum atomic E-state index is 12.0. The summed E-state index contributed by atoms with van der Waals surface area (Å²) in [6.07, 6.45) is 4.69. The lowest BCUT2D eigenvalue weighted by Crippen LogP contribution is -2.64. The highest BCUT2D eigenvalue weighted by Crippen LogP contribution is 2.37. The second-order valence-corrected chi connectivity index (χ2v) is 4.10. The summed E-state index contributed by atoms with van der Waals surface area (Å²) >= 11 is 0. The number of rotatable bonds is 4. The number of imide groups is 2. The molecule has 1 aliphatic rings. The average Bonchev–Trinajstić information content (AvgIpc) is 2.27. The third-order valence-corrected chi connectivity index (χ3v) is 3.32. The quantitative estimate of drug-likeness (QED) is 0.573. The van der Waals surface area contributed by atoms with Gasteiger partial charge in [0.15, 0.2) is 0 Å². The van der Waals surface area contributed by atoms with Crippen LogP contribution in [-0.4, -0.2) is 17.8 Å². The van der Waals surface area contributed by atoms with E-state index in [0.717, 1.165) is 0 Å². The molecule has 2 N–H and O–H groups in total. The molecule has 0 spiro atoms. The molecule has 1 unspecified atom stereocenters. The fourth-order valence-electron chi connectivity index (χ4n) is 2.36. The largest absolute Gasteiger partial charge is 0.328 e. The van der Waals surface area contributed by atoms with E-state index in [0.29, 0.717) is 12.8 Å². The predicted molar refractivity (Wildman–Crippen MR) is 63.0 cm³/mol. The second-order valence-electron chi connectivity index (χ2n) is 4.10. The number of amides is 4. The van der Waals surface area contributed by atoms with Crippen LogP contribution in [0.1, 0.15) is 33.6 Å². The SMILES string of the molecule is CC=CC(CC)C1(CC)C(=O)NC(=O)NC1=O. The van der Waals surface area contributed by atoms with Gasteiger partial charge in [0.05, 0.1) is 0 Å². The number of allylic oxidation sites excluding steroid dienone is 2. The Morgan fingerprint density at radius 3 is 2.06 bits per heavy atom. The van der Waals surface area contributed by atoms with Crippen LogP contribution in [0.5, 0.6) is 0 Å². The number of carbonyl (C=O) groups is 3. The molecule has 1 rings (SSSR count). The van der Waals surface area contributed by atoms with Gasteiger partial charge in [0.1, 0.15) is 5.41 Å². The van der Waals surface area contributed by atoms with Crippen LogP contribution in [0, 0.1) is 11.3 Å². The predicted octanol–water partition coefficient (Wildman–Crippen LogP) is 1.35. The molecule has 0 aromatic rings. The number of hydrogen-bond acceptors (Lipinski definition) is 3. The van der Waals surface area contributed by atoms with Gasteiger partial charge in [-0.25, -0.2) is 4.79 Å². The van der Waals surface area contributed by atoms with Crippen LogP contribution < -0.4 is 10.6 Å². The van der Waals surface area contributed by atoms with Crippen molar-refractivity contribution in [2.45, 2.75) is 33.6 Å². The van der Waals surface area contributed by atoms with Crippen molar-refractivity contribution in [3.63, 3.8) is 0 Å². The molecule has 0 saturated carbocycles. The van der Waals surface area contributed by atoms with Gasteiger partial charge in [0, 0.05) is 0 Å². The molecule has 4 amide bonds. The molecule has 1 saturated heterocycles. The van der Waals surface area contributed by atoms with Crippen LogP contribution in [0.25, 0.3) is 0 Å². The summed E-state index contributed by atoms with van der Waals surface area (Å²) in [6, 6.07) is -0.737. The lowest BCUT2D eigenvalue weighted by molar-refractivity contribution is -0.147. The standard InChI is InChI=1S/C12H18N2O3/c1-4-7-8(5-2)12(6-3)9(15)13-11(17)14-10(12)16/h4,7-8H,5-6H2,1-3H3,(H2,13,14,15,16,17). The number of nitrogens with one attached hydrogen (secondary N) is 2. The van der Waals surface area contributed by atoms with Crippen molar-refractivity contribution in [1.29, 1.82) is 0 Å². The fourth-order valence-corrected chi connectivity index (χ4v) is 2.36. The van der Waals surface area contributed by atoms with Crippen LogP contribution >= 0.6 is 0 Å². The monoisotopic (exact) mass is 238 g/mol. The molecule has 1 aliphatic heterocycles. The van der Waals surface area contributed by atoms with Gasteiger partial charge < -0.3 is 0 Å². The molecule has 1 heterocycles. The van der Waals surface area contributed by atoms with Crippen LogP contribution in [-0.2, 0) is 9.59 Å². The lowest BCUT2D eigenvalue weighted by Gasteiger charge is -2.37. The van der Waals surface area contributed by atoms with Crippen molar-refractivity contribution in [1.82, 2.24) is 10.6 Å². The Bertz CT molecular complexity index is 354. The first kappa shape index (κ1) is 13.4. The molecule has 0 radical (unpaired) electrons. The minimum Gasteiger partial charge on any atom is -0.277 e. The fraction of sp³-hybridized carbons (Fsp3) is 0.583. The first-order valence-corrected chi connectivity index (χ1v) is 5.82. The number of urea groups is 1. The molecule has 0 aromatic carbocycles. The summed E-state index contributed by atoms with van der Waals surface area (Å²) in [5.41, 5.74) is -1.17. The van der Waals surface area contributed by atoms with Gasteiger partial charge >= 0.3 is 6.03 Å². The first-order valence-electron chi connectivity index (χ1n) is 5.82. The topological polar surface area (TPSA) is 75.3 Å². The Balaban J connectivity index is 3.20. The third kappa shape index (κ3) is 2.09. The van der Waals surface area contributed by atoms with Crippen molar-refractivity contribution in [2.75, 3.05) is 0 Å². The van der Waals surface area contributed by atoms with Crippen LogP contribution in [0.15, 0.2) is 12.2 Å². The molecule has 0 bridgehead atoms. The van der Waals surface area contributed by atoms with Crippen molar-refractivity contribution in [3.05, 3.63) is 12.2 Å². The van der Waals surface area contributed by atoms with Crippen molar-refractivity contribution >= 4 is 17.8 Å². The van der Waals surface area contributed by atoms with Gasteiger partial charge in [-0.05, 0) is 25.7 Å². The Morgan fingerprint density at radius 1 is 1.18 bits per heavy atom. The summed E-state index contributed by atoms with van der Waals surface area (Å²) in [5, 5.41) is 4.36. The van der Waals surface area contributed by atoms with Crippen molar-refractivity contribution < 1.29 is 14.4 Å². The van der Waals surface area contributed by atoms with E-state index in [1.165, 1.54) is 0 Å². The number of hydrogen-bond donors (Lipinski definition) is 2. The summed E-state index contributed by atoms with van der Waals surface area (Å²) in [4.78, 5) is 35.1. The summed E-state index contributed by atoms with van der Waals surface area (Å²) in [7, 11) is 0. The molecule has 0 aliphatic carbocycles. The van der Waals surface area contributed by atoms with Crippen LogP contribution in [0.2, 0.25) is 0 Å². The molecule has 17 heavy (non-hydrogen) atoms. The highest BCUT2D eigenvalue weighted by Gasteiger charge is 2.52. The third-order valence-electron chi connectivity index (χ3n) is 3.32. The highest BCUT2D eigenvalue weighted by atomic mass is 16.2. The normalized spacial score (nSPS) is 21.2. The van der Waals surface area contributed by atoms with Crippen molar-refractivity contribution in [3.8, 4) is 0 Å². The Labute approximate surface area is 101 Å². The van der Waals surface area contributed by atoms with Gasteiger partial charge in [-0.1, -0.05) is 26.0 Å². The highest BCUT2D eigenvalue weighted by molar-refractivity contribution is 6.19. The van der Waals surface area contributed by atoms with Crippen LogP contribution in [0.4, 0.5) is 4.79 Å². The molecule has 5 nitrogen and oxygen atoms in total. The van der Waals surface area contributed by atoms with E-state index in [9.17, 15) is 14.4 Å². The molecule has 1 atom stereocenters. The van der Waals surface area contributed by atoms with Gasteiger partial charge in [0.2, 0.25) is 11.8 Å². The number of carbonyl (C=O) groups excluding carboxylic acids is 3. The molecule has 1 fully saturated rings. The molecule has 5 heteroatoms. The zero-order valence-electron chi connectivity index (χ0n) is 10.4. The van der Waals surface area contributed by atoms with Crippen molar-refractivity contribution in [2.24, 2.45) is 11.3 Å². The minimum absolute atomic E-state index is 0.203. The zero-order valence-corrected chi connectivity index (χ0v) is 10.4. The molecular formula is C12H18N2O3. The van der Waals surface area contributed by atoms with E-state index in [4.69, 9.17) is 0 Å². The Hall–Kier alpha value is -1.65. The van der Waals surface area contributed by atoms with E-state index in [-0.39, 0.29) is 5.92 Å².